The summed E-state index contributed by atoms with van der Waals surface area (Å²) in [6, 6.07) is 0. The predicted octanol–water partition coefficient (Wildman–Crippen LogP) is 3.77. The van der Waals surface area contributed by atoms with E-state index in [9.17, 15) is 8.63 Å². The van der Waals surface area contributed by atoms with Crippen molar-refractivity contribution in [1.82, 2.24) is 0 Å². The molecule has 0 nitrogen and oxygen atoms in total. The first-order chi connectivity index (χ1) is 5.27. The molecule has 0 N–H and O–H groups in total. The third-order valence-corrected chi connectivity index (χ3v) is 1.78. The Bertz CT molecular complexity index is 76.5. The molecule has 0 aliphatic rings. The van der Waals surface area contributed by atoms with Gasteiger partial charge in [-0.3, -0.25) is 8.63 Å². The molecule has 0 unspecified atom stereocenters. The molecule has 0 fully saturated rings. The largest absolute Gasteiger partial charge is 0.538 e. The summed E-state index contributed by atoms with van der Waals surface area (Å²) in [5.41, 5.74) is 0. The van der Waals surface area contributed by atoms with E-state index < -0.39 is 7.27 Å². The molecular weight excluding hydrogens is 145 g/mol. The molecule has 0 aromatic heterocycles. The lowest BCUT2D eigenvalue weighted by Crippen LogP contribution is -1.94. The van der Waals surface area contributed by atoms with Crippen molar-refractivity contribution in [3.8, 4) is 0 Å². The summed E-state index contributed by atoms with van der Waals surface area (Å²) in [4.78, 5) is 0. The highest BCUT2D eigenvalue weighted by molar-refractivity contribution is 6.42. The van der Waals surface area contributed by atoms with Crippen LogP contribution in [0.15, 0.2) is 0 Å². The third-order valence-electron chi connectivity index (χ3n) is 1.78. The summed E-state index contributed by atoms with van der Waals surface area (Å²) in [6.45, 7) is 2.15. The maximum Gasteiger partial charge on any atom is 0.538 e. The van der Waals surface area contributed by atoms with Gasteiger partial charge in [-0.2, -0.15) is 0 Å². The molecule has 0 aromatic rings. The van der Waals surface area contributed by atoms with Gasteiger partial charge in [0.15, 0.2) is 0 Å². The first kappa shape index (κ1) is 10.9. The standard InChI is InChI=1S/C8H17BF2/c1-2-3-4-5-6-7-8-9(10)11/h2-8H2,1H3. The van der Waals surface area contributed by atoms with Crippen LogP contribution in [-0.4, -0.2) is 7.27 Å². The van der Waals surface area contributed by atoms with Crippen LogP contribution in [0.5, 0.6) is 0 Å². The second kappa shape index (κ2) is 8.03. The highest BCUT2D eigenvalue weighted by Gasteiger charge is 2.09. The molecule has 0 aromatic carbocycles. The zero-order valence-corrected chi connectivity index (χ0v) is 7.28. The molecule has 0 bridgehead atoms. The van der Waals surface area contributed by atoms with Crippen LogP contribution in [0.2, 0.25) is 6.32 Å². The van der Waals surface area contributed by atoms with E-state index in [2.05, 4.69) is 6.92 Å². The van der Waals surface area contributed by atoms with Gasteiger partial charge in [0, 0.05) is 0 Å². The fourth-order valence-electron chi connectivity index (χ4n) is 1.08. The van der Waals surface area contributed by atoms with Crippen LogP contribution in [-0.2, 0) is 0 Å². The van der Waals surface area contributed by atoms with Crippen molar-refractivity contribution < 1.29 is 8.63 Å². The van der Waals surface area contributed by atoms with Crippen molar-refractivity contribution in [2.75, 3.05) is 0 Å². The molecule has 0 spiro atoms. The fourth-order valence-corrected chi connectivity index (χ4v) is 1.08. The third kappa shape index (κ3) is 9.92. The minimum absolute atomic E-state index is 0.0894. The van der Waals surface area contributed by atoms with Crippen molar-refractivity contribution in [3.05, 3.63) is 0 Å². The fraction of sp³-hybridized carbons (Fsp3) is 1.00. The van der Waals surface area contributed by atoms with Gasteiger partial charge in [-0.15, -0.1) is 0 Å². The van der Waals surface area contributed by atoms with Crippen LogP contribution in [0.4, 0.5) is 8.63 Å². The van der Waals surface area contributed by atoms with Crippen molar-refractivity contribution in [2.45, 2.75) is 51.8 Å². The minimum atomic E-state index is -2.10. The molecule has 0 saturated heterocycles. The lowest BCUT2D eigenvalue weighted by Gasteiger charge is -1.97. The SMILES string of the molecule is CCCCCCCCB(F)F. The maximum atomic E-state index is 11.6. The maximum absolute atomic E-state index is 11.6. The Morgan fingerprint density at radius 3 is 2.00 bits per heavy atom. The van der Waals surface area contributed by atoms with Crippen molar-refractivity contribution in [1.29, 1.82) is 0 Å². The summed E-state index contributed by atoms with van der Waals surface area (Å²) in [6.07, 6.45) is 6.56. The number of hydrogen-bond donors (Lipinski definition) is 0. The number of rotatable bonds is 7. The van der Waals surface area contributed by atoms with Crippen LogP contribution in [0, 0.1) is 0 Å². The summed E-state index contributed by atoms with van der Waals surface area (Å²) >= 11 is 0. The zero-order valence-electron chi connectivity index (χ0n) is 7.28. The molecule has 0 heterocycles. The summed E-state index contributed by atoms with van der Waals surface area (Å²) in [5.74, 6) is 0. The average Bonchev–Trinajstić information content (AvgIpc) is 1.96. The Morgan fingerprint density at radius 1 is 0.909 bits per heavy atom. The van der Waals surface area contributed by atoms with Crippen molar-refractivity contribution in [2.24, 2.45) is 0 Å². The molecule has 0 amide bonds. The predicted molar refractivity (Wildman–Crippen MR) is 46.2 cm³/mol. The van der Waals surface area contributed by atoms with E-state index in [1.165, 1.54) is 19.3 Å². The Hall–Kier alpha value is -0.0751. The quantitative estimate of drug-likeness (QED) is 0.394. The highest BCUT2D eigenvalue weighted by Crippen LogP contribution is 2.09. The minimum Gasteiger partial charge on any atom is -0.287 e. The van der Waals surface area contributed by atoms with E-state index in [1.54, 1.807) is 0 Å². The Labute approximate surface area is 68.5 Å². The Balaban J connectivity index is 2.80. The molecule has 0 atom stereocenters. The van der Waals surface area contributed by atoms with Gasteiger partial charge in [0.2, 0.25) is 0 Å². The van der Waals surface area contributed by atoms with E-state index in [4.69, 9.17) is 0 Å². The second-order valence-corrected chi connectivity index (χ2v) is 2.95. The zero-order chi connectivity index (χ0) is 8.53. The molecular formula is C8H17BF2. The van der Waals surface area contributed by atoms with Gasteiger partial charge in [0.1, 0.15) is 0 Å². The molecule has 11 heavy (non-hydrogen) atoms. The lowest BCUT2D eigenvalue weighted by molar-refractivity contribution is 0.596. The van der Waals surface area contributed by atoms with Crippen molar-refractivity contribution in [3.63, 3.8) is 0 Å². The number of unbranched alkanes of at least 4 members (excludes halogenated alkanes) is 5. The Kier molecular flexibility index (Phi) is 7.97. The summed E-state index contributed by atoms with van der Waals surface area (Å²) in [7, 11) is -2.10. The molecule has 0 radical (unpaired) electrons. The summed E-state index contributed by atoms with van der Waals surface area (Å²) < 4.78 is 23.2. The van der Waals surface area contributed by atoms with E-state index in [-0.39, 0.29) is 6.32 Å². The van der Waals surface area contributed by atoms with E-state index in [0.717, 1.165) is 12.8 Å². The molecule has 0 saturated carbocycles. The van der Waals surface area contributed by atoms with Gasteiger partial charge in [-0.05, 0) is 6.32 Å². The molecule has 66 valence electrons. The first-order valence-corrected chi connectivity index (χ1v) is 4.55. The van der Waals surface area contributed by atoms with Crippen LogP contribution >= 0.6 is 0 Å². The van der Waals surface area contributed by atoms with E-state index in [1.807, 2.05) is 0 Å². The van der Waals surface area contributed by atoms with Gasteiger partial charge in [0.25, 0.3) is 0 Å². The lowest BCUT2D eigenvalue weighted by atomic mass is 9.89. The van der Waals surface area contributed by atoms with Gasteiger partial charge in [0.05, 0.1) is 0 Å². The van der Waals surface area contributed by atoms with Crippen molar-refractivity contribution >= 4 is 7.27 Å². The molecule has 0 aliphatic heterocycles. The highest BCUT2D eigenvalue weighted by atomic mass is 19.2. The van der Waals surface area contributed by atoms with Crippen LogP contribution in [0.1, 0.15) is 45.4 Å². The number of halogens is 2. The van der Waals surface area contributed by atoms with Gasteiger partial charge in [-0.1, -0.05) is 45.4 Å². The van der Waals surface area contributed by atoms with E-state index in [0.29, 0.717) is 6.42 Å². The second-order valence-electron chi connectivity index (χ2n) is 2.95. The number of hydrogen-bond acceptors (Lipinski definition) is 0. The summed E-state index contributed by atoms with van der Waals surface area (Å²) in [5, 5.41) is 0. The normalized spacial score (nSPS) is 10.1. The average molecular weight is 162 g/mol. The van der Waals surface area contributed by atoms with Gasteiger partial charge < -0.3 is 0 Å². The first-order valence-electron chi connectivity index (χ1n) is 4.55. The Morgan fingerprint density at radius 2 is 1.45 bits per heavy atom. The molecule has 0 aliphatic carbocycles. The van der Waals surface area contributed by atoms with E-state index >= 15 is 0 Å². The molecule has 0 rings (SSSR count). The molecule has 3 heteroatoms. The van der Waals surface area contributed by atoms with Crippen LogP contribution in [0.3, 0.4) is 0 Å². The van der Waals surface area contributed by atoms with Gasteiger partial charge >= 0.3 is 7.27 Å². The smallest absolute Gasteiger partial charge is 0.287 e. The van der Waals surface area contributed by atoms with Crippen LogP contribution < -0.4 is 0 Å². The van der Waals surface area contributed by atoms with Crippen LogP contribution in [0.25, 0.3) is 0 Å². The monoisotopic (exact) mass is 162 g/mol. The van der Waals surface area contributed by atoms with Gasteiger partial charge in [-0.25, -0.2) is 0 Å². The topological polar surface area (TPSA) is 0 Å².